The van der Waals surface area contributed by atoms with E-state index in [9.17, 15) is 0 Å². The lowest BCUT2D eigenvalue weighted by molar-refractivity contribution is 0.341. The average Bonchev–Trinajstić information content (AvgIpc) is 2.66. The highest BCUT2D eigenvalue weighted by Gasteiger charge is 2.24. The molecular weight excluding hydrogens is 240 g/mol. The van der Waals surface area contributed by atoms with Gasteiger partial charge in [0.1, 0.15) is 5.01 Å². The summed E-state index contributed by atoms with van der Waals surface area (Å²) in [6.07, 6.45) is 1.23. The van der Waals surface area contributed by atoms with E-state index in [1.807, 2.05) is 7.05 Å². The van der Waals surface area contributed by atoms with Crippen LogP contribution >= 0.6 is 11.3 Å². The molecule has 0 fully saturated rings. The first kappa shape index (κ1) is 15.6. The van der Waals surface area contributed by atoms with Gasteiger partial charge in [0, 0.05) is 10.8 Å². The highest BCUT2D eigenvalue weighted by Crippen LogP contribution is 2.32. The van der Waals surface area contributed by atoms with Crippen molar-refractivity contribution in [3.8, 4) is 0 Å². The molecule has 0 aliphatic carbocycles. The Kier molecular flexibility index (Phi) is 5.35. The van der Waals surface area contributed by atoms with Crippen molar-refractivity contribution in [2.75, 3.05) is 7.05 Å². The van der Waals surface area contributed by atoms with Gasteiger partial charge in [0.05, 0.1) is 11.7 Å². The third-order valence-corrected chi connectivity index (χ3v) is 4.21. The molecule has 3 heteroatoms. The molecule has 1 heterocycles. The number of aromatic nitrogens is 1. The van der Waals surface area contributed by atoms with Crippen molar-refractivity contribution in [1.82, 2.24) is 10.3 Å². The predicted molar refractivity (Wildman–Crippen MR) is 81.2 cm³/mol. The van der Waals surface area contributed by atoms with E-state index < -0.39 is 0 Å². The van der Waals surface area contributed by atoms with Crippen LogP contribution in [0.1, 0.15) is 64.7 Å². The molecule has 0 aromatic carbocycles. The van der Waals surface area contributed by atoms with Crippen molar-refractivity contribution in [3.05, 3.63) is 16.1 Å². The van der Waals surface area contributed by atoms with E-state index in [1.165, 1.54) is 17.1 Å². The number of rotatable bonds is 5. The molecule has 0 bridgehead atoms. The van der Waals surface area contributed by atoms with Crippen LogP contribution in [0.5, 0.6) is 0 Å². The molecule has 0 saturated carbocycles. The molecule has 0 amide bonds. The molecule has 0 saturated heterocycles. The number of hydrogen-bond acceptors (Lipinski definition) is 3. The summed E-state index contributed by atoms with van der Waals surface area (Å²) in [7, 11) is 2.04. The predicted octanol–water partition coefficient (Wildman–Crippen LogP) is 4.38. The van der Waals surface area contributed by atoms with Crippen molar-refractivity contribution < 1.29 is 0 Å². The first-order valence-corrected chi connectivity index (χ1v) is 7.76. The molecule has 0 aliphatic rings. The lowest BCUT2D eigenvalue weighted by atomic mass is 9.91. The van der Waals surface area contributed by atoms with E-state index in [0.717, 1.165) is 5.92 Å². The van der Waals surface area contributed by atoms with Gasteiger partial charge in [0.2, 0.25) is 0 Å². The maximum Gasteiger partial charge on any atom is 0.110 e. The Hall–Kier alpha value is -0.410. The van der Waals surface area contributed by atoms with Crippen molar-refractivity contribution in [3.63, 3.8) is 0 Å². The van der Waals surface area contributed by atoms with E-state index in [-0.39, 0.29) is 5.41 Å². The van der Waals surface area contributed by atoms with Crippen LogP contribution in [0, 0.1) is 11.8 Å². The molecule has 18 heavy (non-hydrogen) atoms. The minimum atomic E-state index is 0.147. The van der Waals surface area contributed by atoms with Crippen LogP contribution in [0.25, 0.3) is 0 Å². The molecule has 104 valence electrons. The van der Waals surface area contributed by atoms with Crippen LogP contribution in [-0.4, -0.2) is 12.0 Å². The van der Waals surface area contributed by atoms with Crippen molar-refractivity contribution in [1.29, 1.82) is 0 Å². The second kappa shape index (κ2) is 6.16. The van der Waals surface area contributed by atoms with E-state index in [1.54, 1.807) is 11.3 Å². The molecular formula is C15H28N2S. The molecule has 0 aliphatic heterocycles. The van der Waals surface area contributed by atoms with Gasteiger partial charge in [-0.2, -0.15) is 0 Å². The van der Waals surface area contributed by atoms with Gasteiger partial charge >= 0.3 is 0 Å². The van der Waals surface area contributed by atoms with Crippen LogP contribution in [0.4, 0.5) is 0 Å². The summed E-state index contributed by atoms with van der Waals surface area (Å²) in [5, 5.41) is 6.88. The number of nitrogens with one attached hydrogen (secondary N) is 1. The van der Waals surface area contributed by atoms with Gasteiger partial charge in [0.25, 0.3) is 0 Å². The summed E-state index contributed by atoms with van der Waals surface area (Å²) in [6.45, 7) is 13.5. The standard InChI is InChI=1S/C15H28N2S/c1-10(2)8-11(3)13(16-7)14-17-12(9-18-14)15(4,5)6/h9-11,13,16H,8H2,1-7H3. The smallest absolute Gasteiger partial charge is 0.110 e. The van der Waals surface area contributed by atoms with Gasteiger partial charge in [-0.15, -0.1) is 11.3 Å². The van der Waals surface area contributed by atoms with Crippen LogP contribution in [0.15, 0.2) is 5.38 Å². The van der Waals surface area contributed by atoms with Crippen LogP contribution in [0.3, 0.4) is 0 Å². The fourth-order valence-electron chi connectivity index (χ4n) is 2.31. The Labute approximate surface area is 116 Å². The normalized spacial score (nSPS) is 16.0. The fourth-order valence-corrected chi connectivity index (χ4v) is 3.59. The van der Waals surface area contributed by atoms with Crippen molar-refractivity contribution >= 4 is 11.3 Å². The number of hydrogen-bond donors (Lipinski definition) is 1. The zero-order valence-electron chi connectivity index (χ0n) is 12.9. The van der Waals surface area contributed by atoms with Gasteiger partial charge in [0.15, 0.2) is 0 Å². The Morgan fingerprint density at radius 2 is 1.89 bits per heavy atom. The molecule has 0 radical (unpaired) electrons. The lowest BCUT2D eigenvalue weighted by Gasteiger charge is -2.23. The first-order chi connectivity index (χ1) is 8.25. The fraction of sp³-hybridized carbons (Fsp3) is 0.800. The third-order valence-electron chi connectivity index (χ3n) is 3.28. The molecule has 0 spiro atoms. The van der Waals surface area contributed by atoms with Crippen molar-refractivity contribution in [2.24, 2.45) is 11.8 Å². The lowest BCUT2D eigenvalue weighted by Crippen LogP contribution is -2.25. The first-order valence-electron chi connectivity index (χ1n) is 6.88. The van der Waals surface area contributed by atoms with Gasteiger partial charge in [-0.25, -0.2) is 4.98 Å². The highest BCUT2D eigenvalue weighted by atomic mass is 32.1. The molecule has 1 N–H and O–H groups in total. The minimum Gasteiger partial charge on any atom is -0.311 e. The second-order valence-electron chi connectivity index (χ2n) is 6.69. The van der Waals surface area contributed by atoms with Gasteiger partial charge < -0.3 is 5.32 Å². The van der Waals surface area contributed by atoms with Gasteiger partial charge in [-0.1, -0.05) is 41.5 Å². The Morgan fingerprint density at radius 1 is 1.28 bits per heavy atom. The zero-order chi connectivity index (χ0) is 13.9. The molecule has 2 atom stereocenters. The van der Waals surface area contributed by atoms with E-state index >= 15 is 0 Å². The molecule has 2 unspecified atom stereocenters. The summed E-state index contributed by atoms with van der Waals surface area (Å²) >= 11 is 1.79. The largest absolute Gasteiger partial charge is 0.311 e. The molecule has 2 nitrogen and oxygen atoms in total. The van der Waals surface area contributed by atoms with Gasteiger partial charge in [-0.3, -0.25) is 0 Å². The van der Waals surface area contributed by atoms with E-state index in [2.05, 4.69) is 52.2 Å². The summed E-state index contributed by atoms with van der Waals surface area (Å²) in [6, 6.07) is 0.383. The van der Waals surface area contributed by atoms with E-state index in [0.29, 0.717) is 12.0 Å². The maximum absolute atomic E-state index is 4.84. The summed E-state index contributed by atoms with van der Waals surface area (Å²) in [5.41, 5.74) is 1.36. The highest BCUT2D eigenvalue weighted by molar-refractivity contribution is 7.09. The molecule has 1 rings (SSSR count). The van der Waals surface area contributed by atoms with Crippen molar-refractivity contribution in [2.45, 2.75) is 59.4 Å². The topological polar surface area (TPSA) is 24.9 Å². The Balaban J connectivity index is 2.86. The second-order valence-corrected chi connectivity index (χ2v) is 7.58. The quantitative estimate of drug-likeness (QED) is 0.857. The summed E-state index contributed by atoms with van der Waals surface area (Å²) in [4.78, 5) is 4.84. The molecule has 1 aromatic heterocycles. The summed E-state index contributed by atoms with van der Waals surface area (Å²) in [5.74, 6) is 1.35. The van der Waals surface area contributed by atoms with Gasteiger partial charge in [-0.05, 0) is 25.3 Å². The SMILES string of the molecule is CNC(c1nc(C(C)(C)C)cs1)C(C)CC(C)C. The third kappa shape index (κ3) is 4.06. The van der Waals surface area contributed by atoms with Crippen LogP contribution in [0.2, 0.25) is 0 Å². The Morgan fingerprint density at radius 3 is 2.28 bits per heavy atom. The summed E-state index contributed by atoms with van der Waals surface area (Å²) < 4.78 is 0. The molecule has 1 aromatic rings. The Bertz CT molecular complexity index is 363. The maximum atomic E-state index is 4.84. The van der Waals surface area contributed by atoms with E-state index in [4.69, 9.17) is 4.98 Å². The average molecular weight is 268 g/mol. The number of thiazole rings is 1. The minimum absolute atomic E-state index is 0.147. The monoisotopic (exact) mass is 268 g/mol. The zero-order valence-corrected chi connectivity index (χ0v) is 13.7. The van der Waals surface area contributed by atoms with Crippen LogP contribution in [-0.2, 0) is 5.41 Å². The van der Waals surface area contributed by atoms with Crippen LogP contribution < -0.4 is 5.32 Å². The number of nitrogens with zero attached hydrogens (tertiary/aromatic N) is 1.